The van der Waals surface area contributed by atoms with E-state index in [1.54, 1.807) is 18.2 Å². The van der Waals surface area contributed by atoms with Crippen LogP contribution < -0.4 is 9.47 Å². The van der Waals surface area contributed by atoms with E-state index < -0.39 is 5.97 Å². The van der Waals surface area contributed by atoms with Crippen molar-refractivity contribution in [1.82, 2.24) is 0 Å². The monoisotopic (exact) mass is 336 g/mol. The van der Waals surface area contributed by atoms with Crippen molar-refractivity contribution in [3.05, 3.63) is 52.0 Å². The van der Waals surface area contributed by atoms with Crippen LogP contribution in [-0.4, -0.2) is 18.2 Å². The van der Waals surface area contributed by atoms with Gasteiger partial charge in [-0.05, 0) is 42.8 Å². The first-order valence-electron chi connectivity index (χ1n) is 5.86. The van der Waals surface area contributed by atoms with Gasteiger partial charge in [-0.25, -0.2) is 4.79 Å². The second-order valence-electron chi connectivity index (χ2n) is 4.18. The molecule has 2 aromatic rings. The summed E-state index contributed by atoms with van der Waals surface area (Å²) in [6.07, 6.45) is 0. The lowest BCUT2D eigenvalue weighted by Crippen LogP contribution is -2.00. The van der Waals surface area contributed by atoms with Gasteiger partial charge in [0, 0.05) is 10.5 Å². The van der Waals surface area contributed by atoms with Gasteiger partial charge in [0.2, 0.25) is 0 Å². The molecule has 0 spiro atoms. The van der Waals surface area contributed by atoms with Crippen LogP contribution in [0, 0.1) is 6.92 Å². The van der Waals surface area contributed by atoms with Crippen LogP contribution in [0.5, 0.6) is 17.2 Å². The second kappa shape index (κ2) is 5.96. The number of aromatic carboxylic acids is 1. The molecule has 0 amide bonds. The predicted molar refractivity (Wildman–Crippen MR) is 78.9 cm³/mol. The number of benzene rings is 2. The van der Waals surface area contributed by atoms with Crippen molar-refractivity contribution >= 4 is 21.9 Å². The summed E-state index contributed by atoms with van der Waals surface area (Å²) >= 11 is 3.41. The van der Waals surface area contributed by atoms with Crippen molar-refractivity contribution in [1.29, 1.82) is 0 Å². The molecule has 0 radical (unpaired) electrons. The summed E-state index contributed by atoms with van der Waals surface area (Å²) in [5.41, 5.74) is 1.09. The average Bonchev–Trinajstić information content (AvgIpc) is 2.42. The fourth-order valence-electron chi connectivity index (χ4n) is 1.70. The van der Waals surface area contributed by atoms with Crippen LogP contribution in [0.15, 0.2) is 40.9 Å². The highest BCUT2D eigenvalue weighted by atomic mass is 79.9. The van der Waals surface area contributed by atoms with E-state index in [0.717, 1.165) is 10.0 Å². The number of halogens is 1. The van der Waals surface area contributed by atoms with Crippen LogP contribution in [0.3, 0.4) is 0 Å². The molecule has 20 heavy (non-hydrogen) atoms. The third kappa shape index (κ3) is 3.11. The largest absolute Gasteiger partial charge is 0.497 e. The molecule has 0 aromatic heterocycles. The topological polar surface area (TPSA) is 55.8 Å². The fraction of sp³-hybridized carbons (Fsp3) is 0.133. The van der Waals surface area contributed by atoms with Crippen molar-refractivity contribution in [2.75, 3.05) is 7.11 Å². The van der Waals surface area contributed by atoms with Gasteiger partial charge in [0.25, 0.3) is 0 Å². The molecule has 104 valence electrons. The van der Waals surface area contributed by atoms with Gasteiger partial charge in [-0.2, -0.15) is 0 Å². The summed E-state index contributed by atoms with van der Waals surface area (Å²) in [6, 6.07) is 10.1. The molecule has 4 nitrogen and oxygen atoms in total. The lowest BCUT2D eigenvalue weighted by molar-refractivity contribution is 0.0694. The molecule has 5 heteroatoms. The molecule has 0 bridgehead atoms. The lowest BCUT2D eigenvalue weighted by atomic mass is 10.2. The van der Waals surface area contributed by atoms with Gasteiger partial charge in [-0.1, -0.05) is 15.9 Å². The third-order valence-electron chi connectivity index (χ3n) is 2.78. The van der Waals surface area contributed by atoms with E-state index in [4.69, 9.17) is 9.47 Å². The van der Waals surface area contributed by atoms with Crippen LogP contribution in [-0.2, 0) is 0 Å². The molecule has 0 aliphatic heterocycles. The van der Waals surface area contributed by atoms with Crippen molar-refractivity contribution in [2.45, 2.75) is 6.92 Å². The van der Waals surface area contributed by atoms with E-state index in [0.29, 0.717) is 11.5 Å². The Morgan fingerprint density at radius 3 is 2.45 bits per heavy atom. The number of carbonyl (C=O) groups is 1. The van der Waals surface area contributed by atoms with Crippen LogP contribution >= 0.6 is 15.9 Å². The maximum absolute atomic E-state index is 11.2. The van der Waals surface area contributed by atoms with E-state index in [-0.39, 0.29) is 11.3 Å². The summed E-state index contributed by atoms with van der Waals surface area (Å²) in [5.74, 6) is 0.315. The Bertz CT molecular complexity index is 652. The number of carboxylic acids is 1. The highest BCUT2D eigenvalue weighted by Gasteiger charge is 2.13. The van der Waals surface area contributed by atoms with Gasteiger partial charge < -0.3 is 14.6 Å². The predicted octanol–water partition coefficient (Wildman–Crippen LogP) is 4.26. The zero-order chi connectivity index (χ0) is 14.7. The van der Waals surface area contributed by atoms with Crippen molar-refractivity contribution in [3.8, 4) is 17.2 Å². The van der Waals surface area contributed by atoms with Crippen LogP contribution in [0.25, 0.3) is 0 Å². The van der Waals surface area contributed by atoms with Crippen LogP contribution in [0.4, 0.5) is 0 Å². The van der Waals surface area contributed by atoms with Gasteiger partial charge in [-0.15, -0.1) is 0 Å². The highest BCUT2D eigenvalue weighted by Crippen LogP contribution is 2.31. The zero-order valence-electron chi connectivity index (χ0n) is 11.0. The number of rotatable bonds is 4. The summed E-state index contributed by atoms with van der Waals surface area (Å²) in [7, 11) is 1.52. The lowest BCUT2D eigenvalue weighted by Gasteiger charge is -2.11. The molecule has 0 aliphatic rings. The second-order valence-corrected chi connectivity index (χ2v) is 5.03. The Kier molecular flexibility index (Phi) is 4.29. The minimum absolute atomic E-state index is 0.0892. The molecular formula is C15H13BrO4. The molecule has 1 N–H and O–H groups in total. The summed E-state index contributed by atoms with van der Waals surface area (Å²) in [5, 5.41) is 9.18. The molecule has 2 rings (SSSR count). The number of aryl methyl sites for hydroxylation is 1. The maximum Gasteiger partial charge on any atom is 0.339 e. The number of carboxylic acid groups (broad SMARTS) is 1. The highest BCUT2D eigenvalue weighted by molar-refractivity contribution is 9.10. The van der Waals surface area contributed by atoms with E-state index in [1.807, 2.05) is 19.1 Å². The van der Waals surface area contributed by atoms with Gasteiger partial charge in [0.05, 0.1) is 7.11 Å². The van der Waals surface area contributed by atoms with Crippen LogP contribution in [0.2, 0.25) is 0 Å². The van der Waals surface area contributed by atoms with E-state index in [2.05, 4.69) is 15.9 Å². The summed E-state index contributed by atoms with van der Waals surface area (Å²) in [4.78, 5) is 11.2. The molecule has 0 heterocycles. The number of ether oxygens (including phenoxy) is 2. The first-order valence-corrected chi connectivity index (χ1v) is 6.66. The normalized spacial score (nSPS) is 10.2. The Labute approximate surface area is 125 Å². The summed E-state index contributed by atoms with van der Waals surface area (Å²) in [6.45, 7) is 1.93. The van der Waals surface area contributed by atoms with Crippen molar-refractivity contribution in [3.63, 3.8) is 0 Å². The standard InChI is InChI=1S/C15H13BrO4/c1-9-7-11(4-6-13(9)16)20-14-8-10(19-2)3-5-12(14)15(17)18/h3-8H,1-2H3,(H,17,18). The molecule has 0 atom stereocenters. The quantitative estimate of drug-likeness (QED) is 0.906. The molecular weight excluding hydrogens is 324 g/mol. The molecule has 0 saturated carbocycles. The third-order valence-corrected chi connectivity index (χ3v) is 3.67. The minimum atomic E-state index is -1.04. The number of methoxy groups -OCH3 is 1. The smallest absolute Gasteiger partial charge is 0.339 e. The molecule has 0 unspecified atom stereocenters. The Morgan fingerprint density at radius 1 is 1.15 bits per heavy atom. The van der Waals surface area contributed by atoms with Crippen molar-refractivity contribution in [2.24, 2.45) is 0 Å². The first-order chi connectivity index (χ1) is 9.51. The Balaban J connectivity index is 2.40. The van der Waals surface area contributed by atoms with E-state index >= 15 is 0 Å². The van der Waals surface area contributed by atoms with Gasteiger partial charge in [-0.3, -0.25) is 0 Å². The molecule has 2 aromatic carbocycles. The number of hydrogen-bond donors (Lipinski definition) is 1. The van der Waals surface area contributed by atoms with Gasteiger partial charge >= 0.3 is 5.97 Å². The van der Waals surface area contributed by atoms with Gasteiger partial charge in [0.15, 0.2) is 0 Å². The molecule has 0 saturated heterocycles. The average molecular weight is 337 g/mol. The fourth-order valence-corrected chi connectivity index (χ4v) is 1.95. The summed E-state index contributed by atoms with van der Waals surface area (Å²) < 4.78 is 11.7. The number of hydrogen-bond acceptors (Lipinski definition) is 3. The Hall–Kier alpha value is -2.01. The molecule has 0 fully saturated rings. The SMILES string of the molecule is COc1ccc(C(=O)O)c(Oc2ccc(Br)c(C)c2)c1. The Morgan fingerprint density at radius 2 is 1.85 bits per heavy atom. The first kappa shape index (κ1) is 14.4. The van der Waals surface area contributed by atoms with Crippen LogP contribution in [0.1, 0.15) is 15.9 Å². The minimum Gasteiger partial charge on any atom is -0.497 e. The van der Waals surface area contributed by atoms with Gasteiger partial charge in [0.1, 0.15) is 22.8 Å². The zero-order valence-corrected chi connectivity index (χ0v) is 12.6. The molecule has 0 aliphatic carbocycles. The van der Waals surface area contributed by atoms with Crippen molar-refractivity contribution < 1.29 is 19.4 Å². The van der Waals surface area contributed by atoms with E-state index in [1.165, 1.54) is 13.2 Å². The maximum atomic E-state index is 11.2. The van der Waals surface area contributed by atoms with E-state index in [9.17, 15) is 9.90 Å².